The van der Waals surface area contributed by atoms with E-state index in [0.717, 1.165) is 0 Å². The quantitative estimate of drug-likeness (QED) is 0.525. The van der Waals surface area contributed by atoms with Crippen molar-refractivity contribution in [3.05, 3.63) is 12.2 Å². The van der Waals surface area contributed by atoms with Crippen molar-refractivity contribution in [2.24, 2.45) is 5.92 Å². The lowest BCUT2D eigenvalue weighted by atomic mass is 9.87. The molecule has 0 heterocycles. The van der Waals surface area contributed by atoms with Gasteiger partial charge in [-0.25, -0.2) is 4.39 Å². The summed E-state index contributed by atoms with van der Waals surface area (Å²) in [7, 11) is 0. The Hall–Kier alpha value is -0.810. The molecule has 0 saturated carbocycles. The van der Waals surface area contributed by atoms with Gasteiger partial charge in [0.05, 0.1) is 5.60 Å². The lowest BCUT2D eigenvalue weighted by Gasteiger charge is -2.26. The third-order valence-corrected chi connectivity index (χ3v) is 2.00. The highest BCUT2D eigenvalue weighted by Crippen LogP contribution is 2.26. The Morgan fingerprint density at radius 3 is 2.38 bits per heavy atom. The fourth-order valence-electron chi connectivity index (χ4n) is 1.12. The first kappa shape index (κ1) is 12.2. The molecule has 0 aliphatic heterocycles. The van der Waals surface area contributed by atoms with Gasteiger partial charge in [-0.15, -0.1) is 6.42 Å². The number of alkyl halides is 1. The summed E-state index contributed by atoms with van der Waals surface area (Å²) in [6, 6.07) is 0. The monoisotopic (exact) mass is 184 g/mol. The molecule has 0 saturated heterocycles. The van der Waals surface area contributed by atoms with Crippen LogP contribution in [0.4, 0.5) is 4.39 Å². The predicted molar refractivity (Wildman–Crippen MR) is 52.9 cm³/mol. The summed E-state index contributed by atoms with van der Waals surface area (Å²) in [5, 5.41) is 9.39. The molecule has 1 nitrogen and oxygen atoms in total. The molecule has 0 spiro atoms. The van der Waals surface area contributed by atoms with Crippen LogP contribution in [-0.4, -0.2) is 16.9 Å². The Balaban J connectivity index is 4.53. The van der Waals surface area contributed by atoms with E-state index in [4.69, 9.17) is 6.42 Å². The Kier molecular flexibility index (Phi) is 4.16. The smallest absolute Gasteiger partial charge is 0.150 e. The van der Waals surface area contributed by atoms with Gasteiger partial charge in [0.15, 0.2) is 6.17 Å². The second-order valence-corrected chi connectivity index (χ2v) is 3.72. The molecule has 0 aromatic rings. The normalized spacial score (nSPS) is 16.0. The third kappa shape index (κ3) is 3.20. The summed E-state index contributed by atoms with van der Waals surface area (Å²) in [6.45, 7) is 8.27. The van der Waals surface area contributed by atoms with E-state index < -0.39 is 11.8 Å². The van der Waals surface area contributed by atoms with E-state index >= 15 is 0 Å². The van der Waals surface area contributed by atoms with Crippen LogP contribution >= 0.6 is 0 Å². The van der Waals surface area contributed by atoms with Crippen molar-refractivity contribution in [1.29, 1.82) is 0 Å². The predicted octanol–water partition coefficient (Wildman–Crippen LogP) is 2.31. The molecule has 2 atom stereocenters. The minimum absolute atomic E-state index is 0.289. The SMILES string of the molecule is C#CC(CC)C(=C)[C@H](F)C(C)(C)O. The maximum absolute atomic E-state index is 13.5. The van der Waals surface area contributed by atoms with Crippen molar-refractivity contribution >= 4 is 0 Å². The van der Waals surface area contributed by atoms with Gasteiger partial charge in [0.2, 0.25) is 0 Å². The van der Waals surface area contributed by atoms with Gasteiger partial charge in [-0.05, 0) is 25.8 Å². The van der Waals surface area contributed by atoms with Crippen molar-refractivity contribution in [3.63, 3.8) is 0 Å². The van der Waals surface area contributed by atoms with Crippen LogP contribution < -0.4 is 0 Å². The van der Waals surface area contributed by atoms with Crippen molar-refractivity contribution in [1.82, 2.24) is 0 Å². The van der Waals surface area contributed by atoms with Crippen molar-refractivity contribution in [2.45, 2.75) is 39.0 Å². The molecule has 0 radical (unpaired) electrons. The number of halogens is 1. The zero-order valence-corrected chi connectivity index (χ0v) is 8.47. The molecule has 2 heteroatoms. The van der Waals surface area contributed by atoms with Gasteiger partial charge in [-0.1, -0.05) is 19.4 Å². The lowest BCUT2D eigenvalue weighted by molar-refractivity contribution is 0.0109. The van der Waals surface area contributed by atoms with Crippen LogP contribution in [0.3, 0.4) is 0 Å². The molecule has 0 amide bonds. The zero-order valence-electron chi connectivity index (χ0n) is 8.47. The Morgan fingerprint density at radius 1 is 1.69 bits per heavy atom. The summed E-state index contributed by atoms with van der Waals surface area (Å²) in [5.74, 6) is 2.16. The molecule has 0 aliphatic carbocycles. The van der Waals surface area contributed by atoms with Crippen molar-refractivity contribution in [2.75, 3.05) is 0 Å². The molecule has 0 aromatic carbocycles. The summed E-state index contributed by atoms with van der Waals surface area (Å²) < 4.78 is 13.5. The number of hydrogen-bond donors (Lipinski definition) is 1. The van der Waals surface area contributed by atoms with E-state index in [2.05, 4.69) is 12.5 Å². The van der Waals surface area contributed by atoms with Crippen molar-refractivity contribution < 1.29 is 9.50 Å². The van der Waals surface area contributed by atoms with Crippen LogP contribution in [0.25, 0.3) is 0 Å². The van der Waals surface area contributed by atoms with E-state index in [1.165, 1.54) is 13.8 Å². The van der Waals surface area contributed by atoms with E-state index in [0.29, 0.717) is 6.42 Å². The van der Waals surface area contributed by atoms with E-state index in [1.807, 2.05) is 6.92 Å². The van der Waals surface area contributed by atoms with Gasteiger partial charge in [-0.2, -0.15) is 0 Å². The molecule has 0 aliphatic rings. The van der Waals surface area contributed by atoms with Gasteiger partial charge in [0.25, 0.3) is 0 Å². The number of aliphatic hydroxyl groups is 1. The molecule has 13 heavy (non-hydrogen) atoms. The number of rotatable bonds is 4. The standard InChI is InChI=1S/C11H17FO/c1-6-9(7-2)8(3)10(12)11(4,5)13/h1,9-10,13H,3,7H2,2,4-5H3/t9?,10-/m0/s1. The molecular weight excluding hydrogens is 167 g/mol. The molecule has 0 rings (SSSR count). The van der Waals surface area contributed by atoms with Crippen LogP contribution in [0.1, 0.15) is 27.2 Å². The first-order valence-corrected chi connectivity index (χ1v) is 4.35. The molecule has 74 valence electrons. The Bertz CT molecular complexity index is 219. The molecule has 0 bridgehead atoms. The summed E-state index contributed by atoms with van der Waals surface area (Å²) in [6.07, 6.45) is 4.39. The highest BCUT2D eigenvalue weighted by Gasteiger charge is 2.31. The second-order valence-electron chi connectivity index (χ2n) is 3.72. The fourth-order valence-corrected chi connectivity index (χ4v) is 1.12. The Labute approximate surface area is 79.7 Å². The first-order valence-electron chi connectivity index (χ1n) is 4.35. The van der Waals surface area contributed by atoms with Crippen LogP contribution in [0.15, 0.2) is 12.2 Å². The van der Waals surface area contributed by atoms with Gasteiger partial charge in [0.1, 0.15) is 0 Å². The van der Waals surface area contributed by atoms with Crippen molar-refractivity contribution in [3.8, 4) is 12.3 Å². The van der Waals surface area contributed by atoms with Gasteiger partial charge < -0.3 is 5.11 Å². The van der Waals surface area contributed by atoms with Crippen LogP contribution in [-0.2, 0) is 0 Å². The molecular formula is C11H17FO. The largest absolute Gasteiger partial charge is 0.387 e. The van der Waals surface area contributed by atoms with Crippen LogP contribution in [0.5, 0.6) is 0 Å². The van der Waals surface area contributed by atoms with E-state index in [-0.39, 0.29) is 11.5 Å². The number of terminal acetylenes is 1. The maximum Gasteiger partial charge on any atom is 0.150 e. The summed E-state index contributed by atoms with van der Waals surface area (Å²) in [4.78, 5) is 0. The summed E-state index contributed by atoms with van der Waals surface area (Å²) >= 11 is 0. The Morgan fingerprint density at radius 2 is 2.15 bits per heavy atom. The molecule has 0 fully saturated rings. The fraction of sp³-hybridized carbons (Fsp3) is 0.636. The highest BCUT2D eigenvalue weighted by molar-refractivity contribution is 5.20. The van der Waals surface area contributed by atoms with Crippen LogP contribution in [0, 0.1) is 18.3 Å². The average molecular weight is 184 g/mol. The lowest BCUT2D eigenvalue weighted by Crippen LogP contribution is -2.35. The first-order chi connectivity index (χ1) is 5.84. The zero-order chi connectivity index (χ0) is 10.6. The van der Waals surface area contributed by atoms with Crippen LogP contribution in [0.2, 0.25) is 0 Å². The molecule has 0 aromatic heterocycles. The van der Waals surface area contributed by atoms with E-state index in [1.54, 1.807) is 0 Å². The average Bonchev–Trinajstić information content (AvgIpc) is 2.03. The molecule has 1 N–H and O–H groups in total. The minimum atomic E-state index is -1.46. The molecule has 1 unspecified atom stereocenters. The van der Waals surface area contributed by atoms with Gasteiger partial charge in [-0.3, -0.25) is 0 Å². The third-order valence-electron chi connectivity index (χ3n) is 2.00. The van der Waals surface area contributed by atoms with Gasteiger partial charge >= 0.3 is 0 Å². The van der Waals surface area contributed by atoms with E-state index in [9.17, 15) is 9.50 Å². The highest BCUT2D eigenvalue weighted by atomic mass is 19.1. The second kappa shape index (κ2) is 4.43. The van der Waals surface area contributed by atoms with Gasteiger partial charge in [0, 0.05) is 5.92 Å². The topological polar surface area (TPSA) is 20.2 Å². The number of hydrogen-bond acceptors (Lipinski definition) is 1. The minimum Gasteiger partial charge on any atom is -0.387 e. The maximum atomic E-state index is 13.5. The summed E-state index contributed by atoms with van der Waals surface area (Å²) in [5.41, 5.74) is -1.11.